The van der Waals surface area contributed by atoms with E-state index in [0.717, 1.165) is 55.7 Å². The van der Waals surface area contributed by atoms with Crippen LogP contribution in [-0.4, -0.2) is 60.2 Å². The van der Waals surface area contributed by atoms with Crippen molar-refractivity contribution in [1.29, 1.82) is 0 Å². The molecule has 5 rings (SSSR count). The molecule has 3 heterocycles. The zero-order chi connectivity index (χ0) is 18.4. The summed E-state index contributed by atoms with van der Waals surface area (Å²) in [6, 6.07) is 6.54. The number of hydrogen-bond donors (Lipinski definition) is 1. The van der Waals surface area contributed by atoms with Gasteiger partial charge in [0.25, 0.3) is 5.91 Å². The smallest absolute Gasteiger partial charge is 0.263 e. The topological polar surface area (TPSA) is 74.5 Å². The Labute approximate surface area is 160 Å². The van der Waals surface area contributed by atoms with Crippen LogP contribution in [0.15, 0.2) is 28.9 Å². The number of thiazole rings is 1. The van der Waals surface area contributed by atoms with Crippen molar-refractivity contribution in [1.82, 2.24) is 20.4 Å². The Morgan fingerprint density at radius 3 is 2.85 bits per heavy atom. The van der Waals surface area contributed by atoms with Gasteiger partial charge in [0.05, 0.1) is 11.6 Å². The molecule has 2 fully saturated rings. The molecule has 1 aliphatic heterocycles. The van der Waals surface area contributed by atoms with Crippen molar-refractivity contribution < 1.29 is 9.32 Å². The molecule has 8 heteroatoms. The summed E-state index contributed by atoms with van der Waals surface area (Å²) >= 11 is 1.35. The highest BCUT2D eigenvalue weighted by Crippen LogP contribution is 2.33. The molecule has 1 aliphatic carbocycles. The number of fused-ring (bicyclic) bond motifs is 1. The monoisotopic (exact) mass is 383 g/mol. The highest BCUT2D eigenvalue weighted by Gasteiger charge is 2.25. The van der Waals surface area contributed by atoms with Crippen LogP contribution >= 0.6 is 11.3 Å². The van der Waals surface area contributed by atoms with Crippen molar-refractivity contribution in [2.75, 3.05) is 38.1 Å². The highest BCUT2D eigenvalue weighted by atomic mass is 32.1. The zero-order valence-corrected chi connectivity index (χ0v) is 16.0. The third-order valence-corrected chi connectivity index (χ3v) is 6.17. The fourth-order valence-electron chi connectivity index (χ4n) is 3.31. The van der Waals surface area contributed by atoms with Crippen molar-refractivity contribution in [3.63, 3.8) is 0 Å². The molecule has 2 aromatic heterocycles. The van der Waals surface area contributed by atoms with Crippen LogP contribution in [0.25, 0.3) is 21.7 Å². The number of aromatic nitrogens is 2. The number of likely N-dealkylation sites (N-methyl/N-ethyl adjacent to an activating group) is 1. The van der Waals surface area contributed by atoms with Gasteiger partial charge in [-0.05, 0) is 32.0 Å². The van der Waals surface area contributed by atoms with Crippen LogP contribution in [0.2, 0.25) is 0 Å². The summed E-state index contributed by atoms with van der Waals surface area (Å²) in [4.78, 5) is 21.9. The molecule has 0 bridgehead atoms. The van der Waals surface area contributed by atoms with E-state index in [1.165, 1.54) is 11.3 Å². The highest BCUT2D eigenvalue weighted by molar-refractivity contribution is 7.17. The summed E-state index contributed by atoms with van der Waals surface area (Å²) in [5.74, 6) is -0.0496. The van der Waals surface area contributed by atoms with Gasteiger partial charge in [-0.25, -0.2) is 4.98 Å². The lowest BCUT2D eigenvalue weighted by Crippen LogP contribution is -2.44. The number of carbonyl (C=O) groups excluding carboxylic acids is 1. The first-order valence-electron chi connectivity index (χ1n) is 9.27. The standard InChI is InChI=1S/C19H21N5O2S/c1-23-6-8-24(9-7-23)13-4-5-14-15(10-13)26-22-17(14)19-20-11-16(27-19)18(25)21-12-2-3-12/h4-5,10-12H,2-3,6-9H2,1H3,(H,21,25). The van der Waals surface area contributed by atoms with E-state index in [0.29, 0.717) is 21.6 Å². The maximum atomic E-state index is 12.2. The Balaban J connectivity index is 1.39. The Morgan fingerprint density at radius 2 is 2.07 bits per heavy atom. The summed E-state index contributed by atoms with van der Waals surface area (Å²) in [6.07, 6.45) is 3.76. The molecule has 2 aliphatic rings. The fraction of sp³-hybridized carbons (Fsp3) is 0.421. The lowest BCUT2D eigenvalue weighted by Gasteiger charge is -2.33. The van der Waals surface area contributed by atoms with Crippen LogP contribution in [0.5, 0.6) is 0 Å². The van der Waals surface area contributed by atoms with Crippen LogP contribution in [0.3, 0.4) is 0 Å². The summed E-state index contributed by atoms with van der Waals surface area (Å²) < 4.78 is 5.58. The molecule has 1 amide bonds. The molecule has 0 unspecified atom stereocenters. The molecule has 3 aromatic rings. The van der Waals surface area contributed by atoms with Gasteiger partial charge < -0.3 is 19.6 Å². The SMILES string of the molecule is CN1CCN(c2ccc3c(-c4ncc(C(=O)NC5CC5)s4)noc3c2)CC1. The fourth-order valence-corrected chi connectivity index (χ4v) is 4.13. The lowest BCUT2D eigenvalue weighted by molar-refractivity contribution is 0.0955. The van der Waals surface area contributed by atoms with Crippen LogP contribution in [0, 0.1) is 0 Å². The molecule has 1 N–H and O–H groups in total. The Morgan fingerprint density at radius 1 is 1.26 bits per heavy atom. The second-order valence-electron chi connectivity index (χ2n) is 7.28. The van der Waals surface area contributed by atoms with Gasteiger partial charge in [-0.15, -0.1) is 11.3 Å². The van der Waals surface area contributed by atoms with Crippen LogP contribution in [-0.2, 0) is 0 Å². The summed E-state index contributed by atoms with van der Waals surface area (Å²) in [6.45, 7) is 4.14. The van der Waals surface area contributed by atoms with E-state index in [9.17, 15) is 4.79 Å². The molecule has 0 spiro atoms. The number of amides is 1. The van der Waals surface area contributed by atoms with Crippen molar-refractivity contribution in [3.05, 3.63) is 29.3 Å². The molecule has 7 nitrogen and oxygen atoms in total. The van der Waals surface area contributed by atoms with Crippen LogP contribution in [0.4, 0.5) is 5.69 Å². The second kappa shape index (κ2) is 6.61. The van der Waals surface area contributed by atoms with Gasteiger partial charge in [-0.3, -0.25) is 4.79 Å². The third kappa shape index (κ3) is 3.30. The predicted molar refractivity (Wildman–Crippen MR) is 105 cm³/mol. The number of carbonyl (C=O) groups is 1. The maximum absolute atomic E-state index is 12.2. The minimum atomic E-state index is -0.0496. The number of piperazine rings is 1. The van der Waals surface area contributed by atoms with E-state index in [-0.39, 0.29) is 5.91 Å². The molecule has 140 valence electrons. The largest absolute Gasteiger partial charge is 0.369 e. The van der Waals surface area contributed by atoms with Gasteiger partial charge in [0.15, 0.2) is 5.58 Å². The van der Waals surface area contributed by atoms with Crippen molar-refractivity contribution >= 4 is 33.9 Å². The first-order valence-corrected chi connectivity index (χ1v) is 10.1. The van der Waals surface area contributed by atoms with Crippen molar-refractivity contribution in [2.45, 2.75) is 18.9 Å². The lowest BCUT2D eigenvalue weighted by atomic mass is 10.1. The summed E-state index contributed by atoms with van der Waals surface area (Å²) in [5.41, 5.74) is 2.60. The number of anilines is 1. The number of rotatable bonds is 4. The van der Waals surface area contributed by atoms with Crippen LogP contribution < -0.4 is 10.2 Å². The van der Waals surface area contributed by atoms with Gasteiger partial charge in [0.2, 0.25) is 0 Å². The van der Waals surface area contributed by atoms with E-state index >= 15 is 0 Å². The molecule has 1 saturated heterocycles. The average molecular weight is 383 g/mol. The third-order valence-electron chi connectivity index (χ3n) is 5.17. The van der Waals surface area contributed by atoms with E-state index in [4.69, 9.17) is 4.52 Å². The van der Waals surface area contributed by atoms with E-state index in [1.54, 1.807) is 6.20 Å². The second-order valence-corrected chi connectivity index (χ2v) is 8.31. The predicted octanol–water partition coefficient (Wildman–Crippen LogP) is 2.60. The number of benzene rings is 1. The molecule has 1 saturated carbocycles. The van der Waals surface area contributed by atoms with E-state index in [1.807, 2.05) is 12.1 Å². The average Bonchev–Trinajstić information content (AvgIpc) is 3.19. The molecule has 0 radical (unpaired) electrons. The Kier molecular flexibility index (Phi) is 4.09. The number of nitrogens with zero attached hydrogens (tertiary/aromatic N) is 4. The van der Waals surface area contributed by atoms with Crippen molar-refractivity contribution in [3.8, 4) is 10.7 Å². The van der Waals surface area contributed by atoms with E-state index < -0.39 is 0 Å². The first-order chi connectivity index (χ1) is 13.2. The van der Waals surface area contributed by atoms with Gasteiger partial charge in [0.1, 0.15) is 15.6 Å². The number of hydrogen-bond acceptors (Lipinski definition) is 7. The van der Waals surface area contributed by atoms with Crippen LogP contribution in [0.1, 0.15) is 22.5 Å². The quantitative estimate of drug-likeness (QED) is 0.746. The maximum Gasteiger partial charge on any atom is 0.263 e. The zero-order valence-electron chi connectivity index (χ0n) is 15.1. The molecule has 0 atom stereocenters. The Hall–Kier alpha value is -2.45. The van der Waals surface area contributed by atoms with Gasteiger partial charge >= 0.3 is 0 Å². The normalized spacial score (nSPS) is 18.2. The van der Waals surface area contributed by atoms with Crippen molar-refractivity contribution in [2.24, 2.45) is 0 Å². The molecule has 1 aromatic carbocycles. The summed E-state index contributed by atoms with van der Waals surface area (Å²) in [7, 11) is 2.15. The number of nitrogens with one attached hydrogen (secondary N) is 1. The molecular formula is C19H21N5O2S. The van der Waals surface area contributed by atoms with E-state index in [2.05, 4.69) is 38.4 Å². The molecule has 27 heavy (non-hydrogen) atoms. The van der Waals surface area contributed by atoms with Gasteiger partial charge in [-0.1, -0.05) is 5.16 Å². The molecular weight excluding hydrogens is 362 g/mol. The minimum Gasteiger partial charge on any atom is -0.369 e. The summed E-state index contributed by atoms with van der Waals surface area (Å²) in [5, 5.41) is 8.85. The first kappa shape index (κ1) is 16.7. The minimum absolute atomic E-state index is 0.0496. The van der Waals surface area contributed by atoms with Gasteiger partial charge in [0, 0.05) is 44.0 Å². The van der Waals surface area contributed by atoms with Gasteiger partial charge in [-0.2, -0.15) is 0 Å². The Bertz CT molecular complexity index is 985.